The van der Waals surface area contributed by atoms with Crippen molar-refractivity contribution in [1.29, 1.82) is 0 Å². The van der Waals surface area contributed by atoms with Crippen LogP contribution in [0.2, 0.25) is 0 Å². The number of amides is 1. The van der Waals surface area contributed by atoms with Gasteiger partial charge < -0.3 is 9.88 Å². The molecule has 0 radical (unpaired) electrons. The van der Waals surface area contributed by atoms with Gasteiger partial charge in [0.1, 0.15) is 11.6 Å². The largest absolute Gasteiger partial charge is 0.342 e. The molecule has 3 atom stereocenters. The minimum Gasteiger partial charge on any atom is -0.342 e. The third-order valence-corrected chi connectivity index (χ3v) is 8.50. The van der Waals surface area contributed by atoms with Gasteiger partial charge in [0, 0.05) is 30.5 Å². The fourth-order valence-electron chi connectivity index (χ4n) is 4.79. The Labute approximate surface area is 219 Å². The van der Waals surface area contributed by atoms with Gasteiger partial charge in [0.25, 0.3) is 0 Å². The van der Waals surface area contributed by atoms with Gasteiger partial charge in [0.15, 0.2) is 5.78 Å². The number of Topliss-reactive ketones (excluding diaryl/α,β-unsaturated/α-hetero) is 1. The highest BCUT2D eigenvalue weighted by molar-refractivity contribution is 7.89. The van der Waals surface area contributed by atoms with Crippen LogP contribution in [0, 0.1) is 18.7 Å². The first-order valence-corrected chi connectivity index (χ1v) is 14.6. The molecule has 2 aromatic rings. The number of benzene rings is 1. The van der Waals surface area contributed by atoms with Crippen LogP contribution < -0.4 is 4.72 Å². The van der Waals surface area contributed by atoms with E-state index in [2.05, 4.69) is 14.7 Å². The average molecular weight is 535 g/mol. The summed E-state index contributed by atoms with van der Waals surface area (Å²) in [5.41, 5.74) is 1.68. The van der Waals surface area contributed by atoms with Crippen LogP contribution >= 0.6 is 0 Å². The Kier molecular flexibility index (Phi) is 9.63. The molecule has 10 heteroatoms. The maximum Gasteiger partial charge on any atom is 0.224 e. The summed E-state index contributed by atoms with van der Waals surface area (Å²) < 4.78 is 42.3. The Morgan fingerprint density at radius 3 is 2.59 bits per heavy atom. The zero-order valence-electron chi connectivity index (χ0n) is 22.4. The van der Waals surface area contributed by atoms with E-state index >= 15 is 0 Å². The van der Waals surface area contributed by atoms with Crippen LogP contribution in [-0.4, -0.2) is 59.4 Å². The molecule has 0 unspecified atom stereocenters. The molecule has 2 heterocycles. The van der Waals surface area contributed by atoms with E-state index in [-0.39, 0.29) is 48.1 Å². The van der Waals surface area contributed by atoms with E-state index in [0.717, 1.165) is 24.8 Å². The molecule has 37 heavy (non-hydrogen) atoms. The van der Waals surface area contributed by atoms with Crippen LogP contribution in [0.25, 0.3) is 11.3 Å². The van der Waals surface area contributed by atoms with Crippen LogP contribution in [-0.2, 0) is 19.6 Å². The minimum absolute atomic E-state index is 0.0268. The Morgan fingerprint density at radius 1 is 1.22 bits per heavy atom. The Bertz CT molecular complexity index is 1210. The maximum absolute atomic E-state index is 14.4. The van der Waals surface area contributed by atoms with E-state index in [1.165, 1.54) is 12.3 Å². The van der Waals surface area contributed by atoms with E-state index in [9.17, 15) is 22.4 Å². The maximum atomic E-state index is 14.4. The third-order valence-electron chi connectivity index (χ3n) is 6.75. The fraction of sp³-hybridized carbons (Fsp3) is 0.593. The Balaban J connectivity index is 1.76. The normalized spacial score (nSPS) is 18.1. The lowest BCUT2D eigenvalue weighted by Gasteiger charge is -2.34. The summed E-state index contributed by atoms with van der Waals surface area (Å²) in [5, 5.41) is 0. The van der Waals surface area contributed by atoms with E-state index in [0.29, 0.717) is 23.6 Å². The number of halogens is 1. The summed E-state index contributed by atoms with van der Waals surface area (Å²) in [4.78, 5) is 35.6. The molecule has 0 bridgehead atoms. The molecule has 1 aromatic heterocycles. The van der Waals surface area contributed by atoms with Crippen molar-refractivity contribution in [3.8, 4) is 11.3 Å². The van der Waals surface area contributed by atoms with Crippen LogP contribution in [0.5, 0.6) is 0 Å². The van der Waals surface area contributed by atoms with Gasteiger partial charge in [-0.3, -0.25) is 9.59 Å². The first-order valence-electron chi connectivity index (χ1n) is 13.0. The highest BCUT2D eigenvalue weighted by Gasteiger charge is 2.32. The van der Waals surface area contributed by atoms with Gasteiger partial charge >= 0.3 is 0 Å². The van der Waals surface area contributed by atoms with Crippen molar-refractivity contribution in [3.05, 3.63) is 41.6 Å². The number of rotatable bonds is 11. The van der Waals surface area contributed by atoms with Gasteiger partial charge in [-0.15, -0.1) is 0 Å². The van der Waals surface area contributed by atoms with Crippen LogP contribution in [0.3, 0.4) is 0 Å². The predicted octanol–water partition coefficient (Wildman–Crippen LogP) is 4.32. The third kappa shape index (κ3) is 7.95. The molecule has 1 saturated heterocycles. The number of nitrogens with zero attached hydrogens (tertiary/aromatic N) is 2. The van der Waals surface area contributed by atoms with Crippen molar-refractivity contribution in [2.24, 2.45) is 5.92 Å². The zero-order chi connectivity index (χ0) is 27.3. The van der Waals surface area contributed by atoms with Crippen molar-refractivity contribution >= 4 is 21.7 Å². The number of ketones is 1. The predicted molar refractivity (Wildman–Crippen MR) is 142 cm³/mol. The minimum atomic E-state index is -3.76. The van der Waals surface area contributed by atoms with Gasteiger partial charge in [-0.05, 0) is 56.7 Å². The van der Waals surface area contributed by atoms with Crippen molar-refractivity contribution in [2.45, 2.75) is 84.7 Å². The van der Waals surface area contributed by atoms with Gasteiger partial charge in [0.2, 0.25) is 15.9 Å². The number of carbonyl (C=O) groups is 2. The fourth-order valence-corrected chi connectivity index (χ4v) is 6.41. The highest BCUT2D eigenvalue weighted by atomic mass is 32.2. The number of sulfonamides is 1. The number of aryl methyl sites for hydroxylation is 1. The second-order valence-electron chi connectivity index (χ2n) is 10.7. The number of hydrogen-bond donors (Lipinski definition) is 2. The van der Waals surface area contributed by atoms with E-state index < -0.39 is 22.0 Å². The monoisotopic (exact) mass is 534 g/mol. The molecule has 1 aromatic carbocycles. The number of hydrogen-bond acceptors (Lipinski definition) is 5. The van der Waals surface area contributed by atoms with Gasteiger partial charge in [0.05, 0.1) is 30.1 Å². The van der Waals surface area contributed by atoms with Gasteiger partial charge in [-0.2, -0.15) is 0 Å². The SMILES string of the molecule is Cc1ccc(-c2cnc([C@H](C)CC(=O)[C@H](CC(=O)N3CCCC[C@@H]3C)NS(=O)(=O)CC(C)C)[nH]2)c(F)c1. The first kappa shape index (κ1) is 29.0. The number of piperidine rings is 1. The number of likely N-dealkylation sites (tertiary alicyclic amines) is 1. The molecule has 1 fully saturated rings. The molecule has 1 aliphatic rings. The molecule has 0 spiro atoms. The van der Waals surface area contributed by atoms with Gasteiger partial charge in [-0.25, -0.2) is 22.5 Å². The lowest BCUT2D eigenvalue weighted by Crippen LogP contribution is -2.49. The Hall–Kier alpha value is -2.59. The smallest absolute Gasteiger partial charge is 0.224 e. The number of carbonyl (C=O) groups excluding carboxylic acids is 2. The van der Waals surface area contributed by atoms with E-state index in [1.807, 2.05) is 6.92 Å². The molecule has 1 amide bonds. The molecule has 1 aliphatic heterocycles. The summed E-state index contributed by atoms with van der Waals surface area (Å²) in [7, 11) is -3.76. The second kappa shape index (κ2) is 12.3. The van der Waals surface area contributed by atoms with Crippen LogP contribution in [0.4, 0.5) is 4.39 Å². The van der Waals surface area contributed by atoms with Crippen molar-refractivity contribution in [2.75, 3.05) is 12.3 Å². The lowest BCUT2D eigenvalue weighted by molar-refractivity contribution is -0.137. The summed E-state index contributed by atoms with van der Waals surface area (Å²) in [6.45, 7) is 9.75. The summed E-state index contributed by atoms with van der Waals surface area (Å²) >= 11 is 0. The second-order valence-corrected chi connectivity index (χ2v) is 12.5. The number of imidazole rings is 1. The Morgan fingerprint density at radius 2 is 1.95 bits per heavy atom. The molecule has 8 nitrogen and oxygen atoms in total. The number of aromatic nitrogens is 2. The van der Waals surface area contributed by atoms with Crippen molar-refractivity contribution < 1.29 is 22.4 Å². The molecule has 0 saturated carbocycles. The van der Waals surface area contributed by atoms with Crippen molar-refractivity contribution in [3.63, 3.8) is 0 Å². The molecular weight excluding hydrogens is 495 g/mol. The van der Waals surface area contributed by atoms with Crippen LogP contribution in [0.15, 0.2) is 24.4 Å². The molecule has 3 rings (SSSR count). The average Bonchev–Trinajstić information content (AvgIpc) is 3.28. The molecule has 2 N–H and O–H groups in total. The topological polar surface area (TPSA) is 112 Å². The summed E-state index contributed by atoms with van der Waals surface area (Å²) in [6, 6.07) is 3.82. The number of H-pyrrole nitrogens is 1. The standard InChI is InChI=1S/C27H39FN4O4S/c1-17(2)16-37(35,36)31-23(14-26(34)32-11-7-6-8-20(32)5)25(33)13-19(4)27-29-15-24(30-27)21-10-9-18(3)12-22(21)28/h9-10,12,15,17,19-20,23,31H,6-8,11,13-14,16H2,1-5H3,(H,29,30)/t19-,20+,23+/m1/s1. The number of nitrogens with one attached hydrogen (secondary N) is 2. The summed E-state index contributed by atoms with van der Waals surface area (Å²) in [5.74, 6) is -1.14. The van der Waals surface area contributed by atoms with E-state index in [4.69, 9.17) is 0 Å². The molecular formula is C27H39FN4O4S. The molecule has 204 valence electrons. The van der Waals surface area contributed by atoms with Gasteiger partial charge in [-0.1, -0.05) is 26.8 Å². The first-order chi connectivity index (χ1) is 17.4. The quantitative estimate of drug-likeness (QED) is 0.446. The molecule has 0 aliphatic carbocycles. The van der Waals surface area contributed by atoms with E-state index in [1.54, 1.807) is 44.7 Å². The lowest BCUT2D eigenvalue weighted by atomic mass is 9.97. The zero-order valence-corrected chi connectivity index (χ0v) is 23.2. The summed E-state index contributed by atoms with van der Waals surface area (Å²) in [6.07, 6.45) is 4.11. The highest BCUT2D eigenvalue weighted by Crippen LogP contribution is 2.26. The number of aromatic amines is 1. The van der Waals surface area contributed by atoms with Crippen LogP contribution in [0.1, 0.15) is 77.1 Å². The van der Waals surface area contributed by atoms with Crippen molar-refractivity contribution in [1.82, 2.24) is 19.6 Å².